The molecule has 2 atom stereocenters. The maximum atomic E-state index is 11.1. The van der Waals surface area contributed by atoms with Gasteiger partial charge in [-0.2, -0.15) is 19.4 Å². The minimum Gasteiger partial charge on any atom is -0.432 e. The molecule has 0 aromatic rings. The monoisotopic (exact) mass is 322 g/mol. The summed E-state index contributed by atoms with van der Waals surface area (Å²) in [5.74, 6) is 0.496. The highest BCUT2D eigenvalue weighted by molar-refractivity contribution is 5.63. The average molecular weight is 322 g/mol. The molecule has 0 fully saturated rings. The summed E-state index contributed by atoms with van der Waals surface area (Å²) < 4.78 is 19.3. The quantitative estimate of drug-likeness (QED) is 0.344. The minimum absolute atomic E-state index is 0.149. The van der Waals surface area contributed by atoms with Crippen molar-refractivity contribution in [1.82, 2.24) is 0 Å². The van der Waals surface area contributed by atoms with Crippen LogP contribution < -0.4 is 0 Å². The van der Waals surface area contributed by atoms with Crippen LogP contribution in [0.2, 0.25) is 0 Å². The van der Waals surface area contributed by atoms with Crippen LogP contribution in [-0.4, -0.2) is 53.0 Å². The zero-order valence-corrected chi connectivity index (χ0v) is 13.7. The molecule has 0 N–H and O–H groups in total. The molecule has 0 aliphatic rings. The smallest absolute Gasteiger partial charge is 0.432 e. The SMILES string of the molecule is COCC(C)CCOC(=O)OOC(=O)OCCC(C)COC. The van der Waals surface area contributed by atoms with Crippen LogP contribution in [0.5, 0.6) is 0 Å². The summed E-state index contributed by atoms with van der Waals surface area (Å²) in [6, 6.07) is 0. The Hall–Kier alpha value is -1.54. The molecule has 2 unspecified atom stereocenters. The Bertz CT molecular complexity index is 277. The van der Waals surface area contributed by atoms with Crippen LogP contribution in [0, 0.1) is 11.8 Å². The van der Waals surface area contributed by atoms with E-state index in [-0.39, 0.29) is 25.0 Å². The third kappa shape index (κ3) is 12.2. The van der Waals surface area contributed by atoms with Crippen molar-refractivity contribution >= 4 is 12.3 Å². The van der Waals surface area contributed by atoms with Crippen LogP contribution in [0.4, 0.5) is 9.59 Å². The molecule has 8 heteroatoms. The first-order valence-corrected chi connectivity index (χ1v) is 7.15. The summed E-state index contributed by atoms with van der Waals surface area (Å²) in [5.41, 5.74) is 0. The van der Waals surface area contributed by atoms with Gasteiger partial charge in [-0.1, -0.05) is 13.8 Å². The molecule has 0 saturated heterocycles. The Labute approximate surface area is 130 Å². The molecule has 0 aromatic heterocycles. The molecule has 130 valence electrons. The first kappa shape index (κ1) is 20.5. The van der Waals surface area contributed by atoms with Crippen LogP contribution in [0.3, 0.4) is 0 Å². The van der Waals surface area contributed by atoms with Crippen LogP contribution >= 0.6 is 0 Å². The summed E-state index contributed by atoms with van der Waals surface area (Å²) in [5, 5.41) is 0. The van der Waals surface area contributed by atoms with E-state index in [0.29, 0.717) is 26.1 Å². The highest BCUT2D eigenvalue weighted by Crippen LogP contribution is 2.04. The summed E-state index contributed by atoms with van der Waals surface area (Å²) in [6.45, 7) is 5.35. The van der Waals surface area contributed by atoms with Crippen LogP contribution in [-0.2, 0) is 28.7 Å². The minimum atomic E-state index is -1.09. The number of carbonyl (C=O) groups is 2. The molecule has 0 saturated carbocycles. The van der Waals surface area contributed by atoms with Gasteiger partial charge in [-0.15, -0.1) is 0 Å². The Morgan fingerprint density at radius 2 is 1.14 bits per heavy atom. The Morgan fingerprint density at radius 3 is 1.45 bits per heavy atom. The highest BCUT2D eigenvalue weighted by Gasteiger charge is 2.13. The van der Waals surface area contributed by atoms with Crippen molar-refractivity contribution in [2.24, 2.45) is 11.8 Å². The van der Waals surface area contributed by atoms with E-state index in [1.807, 2.05) is 13.8 Å². The molecule has 0 radical (unpaired) electrons. The Kier molecular flexibility index (Phi) is 12.2. The maximum Gasteiger partial charge on any atom is 0.549 e. The van der Waals surface area contributed by atoms with E-state index in [4.69, 9.17) is 18.9 Å². The standard InChI is InChI=1S/C14H26O8/c1-11(9-17-3)5-7-19-13(15)21-22-14(16)20-8-6-12(2)10-18-4/h11-12H,5-10H2,1-4H3. The molecule has 8 nitrogen and oxygen atoms in total. The van der Waals surface area contributed by atoms with E-state index in [2.05, 4.69) is 9.78 Å². The van der Waals surface area contributed by atoms with Crippen LogP contribution in [0.15, 0.2) is 0 Å². The maximum absolute atomic E-state index is 11.1. The van der Waals surface area contributed by atoms with Crippen molar-refractivity contribution in [2.75, 3.05) is 40.6 Å². The van der Waals surface area contributed by atoms with Gasteiger partial charge in [-0.3, -0.25) is 0 Å². The predicted molar refractivity (Wildman–Crippen MR) is 76.2 cm³/mol. The van der Waals surface area contributed by atoms with Gasteiger partial charge in [-0.25, -0.2) is 0 Å². The van der Waals surface area contributed by atoms with E-state index >= 15 is 0 Å². The molecule has 0 amide bonds. The van der Waals surface area contributed by atoms with Crippen molar-refractivity contribution in [1.29, 1.82) is 0 Å². The fraction of sp³-hybridized carbons (Fsp3) is 0.857. The van der Waals surface area contributed by atoms with Gasteiger partial charge in [-0.05, 0) is 24.7 Å². The van der Waals surface area contributed by atoms with Crippen molar-refractivity contribution in [3.63, 3.8) is 0 Å². The topological polar surface area (TPSA) is 89.5 Å². The zero-order chi connectivity index (χ0) is 16.8. The van der Waals surface area contributed by atoms with Crippen molar-refractivity contribution in [2.45, 2.75) is 26.7 Å². The summed E-state index contributed by atoms with van der Waals surface area (Å²) in [4.78, 5) is 30.6. The second-order valence-corrected chi connectivity index (χ2v) is 5.06. The van der Waals surface area contributed by atoms with Crippen LogP contribution in [0.1, 0.15) is 26.7 Å². The number of hydrogen-bond acceptors (Lipinski definition) is 8. The van der Waals surface area contributed by atoms with Gasteiger partial charge in [0.2, 0.25) is 0 Å². The fourth-order valence-electron chi connectivity index (χ4n) is 1.54. The van der Waals surface area contributed by atoms with Gasteiger partial charge >= 0.3 is 12.3 Å². The summed E-state index contributed by atoms with van der Waals surface area (Å²) in [6.07, 6.45) is -0.945. The van der Waals surface area contributed by atoms with E-state index in [0.717, 1.165) is 0 Å². The lowest BCUT2D eigenvalue weighted by Gasteiger charge is -2.10. The molecule has 0 spiro atoms. The third-order valence-electron chi connectivity index (χ3n) is 2.74. The normalized spacial score (nSPS) is 13.1. The average Bonchev–Trinajstić information content (AvgIpc) is 2.45. The largest absolute Gasteiger partial charge is 0.549 e. The predicted octanol–water partition coefficient (Wildman–Crippen LogP) is 2.55. The van der Waals surface area contributed by atoms with E-state index < -0.39 is 12.3 Å². The first-order chi connectivity index (χ1) is 10.5. The zero-order valence-electron chi connectivity index (χ0n) is 13.7. The van der Waals surface area contributed by atoms with Gasteiger partial charge in [0.25, 0.3) is 0 Å². The molecule has 0 aliphatic carbocycles. The molecule has 0 aliphatic heterocycles. The van der Waals surface area contributed by atoms with Crippen LogP contribution in [0.25, 0.3) is 0 Å². The number of hydrogen-bond donors (Lipinski definition) is 0. The molecule has 0 rings (SSSR count). The number of ether oxygens (including phenoxy) is 4. The number of methoxy groups -OCH3 is 2. The summed E-state index contributed by atoms with van der Waals surface area (Å²) >= 11 is 0. The van der Waals surface area contributed by atoms with E-state index in [1.165, 1.54) is 0 Å². The second-order valence-electron chi connectivity index (χ2n) is 5.06. The van der Waals surface area contributed by atoms with Gasteiger partial charge in [0.15, 0.2) is 0 Å². The van der Waals surface area contributed by atoms with Crippen molar-refractivity contribution < 1.29 is 38.3 Å². The number of carbonyl (C=O) groups excluding carboxylic acids is 2. The lowest BCUT2D eigenvalue weighted by Crippen LogP contribution is -2.17. The second kappa shape index (κ2) is 13.1. The van der Waals surface area contributed by atoms with Crippen molar-refractivity contribution in [3.8, 4) is 0 Å². The Morgan fingerprint density at radius 1 is 0.773 bits per heavy atom. The molecule has 0 bridgehead atoms. The third-order valence-corrected chi connectivity index (χ3v) is 2.74. The molecule has 22 heavy (non-hydrogen) atoms. The van der Waals surface area contributed by atoms with Gasteiger partial charge in [0.1, 0.15) is 0 Å². The molecular formula is C14H26O8. The Balaban J connectivity index is 3.58. The summed E-state index contributed by atoms with van der Waals surface area (Å²) in [7, 11) is 3.20. The lowest BCUT2D eigenvalue weighted by molar-refractivity contribution is -0.218. The first-order valence-electron chi connectivity index (χ1n) is 7.15. The fourth-order valence-corrected chi connectivity index (χ4v) is 1.54. The van der Waals surface area contributed by atoms with E-state index in [9.17, 15) is 9.59 Å². The highest BCUT2D eigenvalue weighted by atomic mass is 17.3. The van der Waals surface area contributed by atoms with E-state index in [1.54, 1.807) is 14.2 Å². The van der Waals surface area contributed by atoms with Gasteiger partial charge in [0.05, 0.1) is 13.2 Å². The molecule has 0 heterocycles. The molecule has 0 aromatic carbocycles. The van der Waals surface area contributed by atoms with Gasteiger partial charge < -0.3 is 18.9 Å². The lowest BCUT2D eigenvalue weighted by atomic mass is 10.1. The molecular weight excluding hydrogens is 296 g/mol. The number of rotatable bonds is 10. The van der Waals surface area contributed by atoms with Crippen molar-refractivity contribution in [3.05, 3.63) is 0 Å². The van der Waals surface area contributed by atoms with Gasteiger partial charge in [0, 0.05) is 27.4 Å².